The van der Waals surface area contributed by atoms with E-state index in [1.54, 1.807) is 0 Å². The molecule has 0 saturated heterocycles. The molecule has 1 nitrogen and oxygen atoms in total. The molecule has 1 N–H and O–H groups in total. The summed E-state index contributed by atoms with van der Waals surface area (Å²) in [6, 6.07) is 11.8. The second kappa shape index (κ2) is 8.30. The largest absolute Gasteiger partial charge is 0.308 e. The maximum atomic E-state index is 3.67. The summed E-state index contributed by atoms with van der Waals surface area (Å²) < 4.78 is 0. The maximum Gasteiger partial charge on any atom is 0.0294 e. The topological polar surface area (TPSA) is 12.0 Å². The van der Waals surface area contributed by atoms with Crippen LogP contribution in [0.15, 0.2) is 30.3 Å². The minimum Gasteiger partial charge on any atom is -0.308 e. The van der Waals surface area contributed by atoms with E-state index < -0.39 is 0 Å². The smallest absolute Gasteiger partial charge is 0.0294 e. The Morgan fingerprint density at radius 2 is 1.71 bits per heavy atom. The zero-order valence-electron chi connectivity index (χ0n) is 11.6. The van der Waals surface area contributed by atoms with Gasteiger partial charge in [0.15, 0.2) is 0 Å². The van der Waals surface area contributed by atoms with Gasteiger partial charge in [0, 0.05) is 12.1 Å². The van der Waals surface area contributed by atoms with E-state index in [4.69, 9.17) is 0 Å². The van der Waals surface area contributed by atoms with E-state index in [9.17, 15) is 0 Å². The normalized spacial score (nSPS) is 14.5. The minimum atomic E-state index is 0.456. The van der Waals surface area contributed by atoms with Crippen molar-refractivity contribution < 1.29 is 0 Å². The van der Waals surface area contributed by atoms with E-state index in [1.807, 2.05) is 0 Å². The minimum absolute atomic E-state index is 0.456. The predicted molar refractivity (Wildman–Crippen MR) is 76.2 cm³/mol. The molecule has 0 radical (unpaired) electrons. The summed E-state index contributed by atoms with van der Waals surface area (Å²) in [6.07, 6.45) is 6.71. The number of nitrogens with one attached hydrogen (secondary N) is 1. The summed E-state index contributed by atoms with van der Waals surface area (Å²) in [5, 5.41) is 3.67. The van der Waals surface area contributed by atoms with Crippen LogP contribution in [0.4, 0.5) is 0 Å². The molecule has 96 valence electrons. The third-order valence-electron chi connectivity index (χ3n) is 3.32. The maximum absolute atomic E-state index is 3.67. The van der Waals surface area contributed by atoms with Crippen molar-refractivity contribution in [1.29, 1.82) is 0 Å². The van der Waals surface area contributed by atoms with Crippen molar-refractivity contribution >= 4 is 0 Å². The highest BCUT2D eigenvalue weighted by Crippen LogP contribution is 2.14. The molecule has 0 bridgehead atoms. The highest BCUT2D eigenvalue weighted by Gasteiger charge is 2.08. The Morgan fingerprint density at radius 1 is 1.00 bits per heavy atom. The Bertz CT molecular complexity index is 281. The van der Waals surface area contributed by atoms with Crippen LogP contribution in [0.3, 0.4) is 0 Å². The first kappa shape index (κ1) is 14.2. The number of hydrogen-bond donors (Lipinski definition) is 1. The fourth-order valence-corrected chi connectivity index (χ4v) is 2.23. The lowest BCUT2D eigenvalue weighted by Crippen LogP contribution is -2.28. The standard InChI is InChI=1S/C16H27N/c1-4-5-6-8-11-14(2)17-15(3)16-12-9-7-10-13-16/h7,9-10,12-15,17H,4-6,8,11H2,1-3H3. The quantitative estimate of drug-likeness (QED) is 0.642. The molecule has 0 aliphatic heterocycles. The van der Waals surface area contributed by atoms with Crippen molar-refractivity contribution in [3.05, 3.63) is 35.9 Å². The van der Waals surface area contributed by atoms with Crippen molar-refractivity contribution in [2.75, 3.05) is 0 Å². The monoisotopic (exact) mass is 233 g/mol. The first-order valence-electron chi connectivity index (χ1n) is 7.05. The predicted octanol–water partition coefficient (Wildman–Crippen LogP) is 4.70. The summed E-state index contributed by atoms with van der Waals surface area (Å²) in [4.78, 5) is 0. The van der Waals surface area contributed by atoms with Crippen LogP contribution >= 0.6 is 0 Å². The molecule has 0 heterocycles. The van der Waals surface area contributed by atoms with Gasteiger partial charge in [0.25, 0.3) is 0 Å². The van der Waals surface area contributed by atoms with E-state index in [0.717, 1.165) is 0 Å². The van der Waals surface area contributed by atoms with Crippen LogP contribution in [0.2, 0.25) is 0 Å². The van der Waals surface area contributed by atoms with Gasteiger partial charge in [-0.05, 0) is 25.8 Å². The Balaban J connectivity index is 2.24. The van der Waals surface area contributed by atoms with Crippen molar-refractivity contribution in [1.82, 2.24) is 5.32 Å². The van der Waals surface area contributed by atoms with Gasteiger partial charge in [-0.3, -0.25) is 0 Å². The van der Waals surface area contributed by atoms with E-state index in [0.29, 0.717) is 12.1 Å². The molecule has 0 spiro atoms. The molecule has 0 saturated carbocycles. The number of hydrogen-bond acceptors (Lipinski definition) is 1. The number of benzene rings is 1. The average molecular weight is 233 g/mol. The van der Waals surface area contributed by atoms with Crippen LogP contribution in [-0.4, -0.2) is 6.04 Å². The molecular weight excluding hydrogens is 206 g/mol. The van der Waals surface area contributed by atoms with E-state index in [2.05, 4.69) is 56.4 Å². The lowest BCUT2D eigenvalue weighted by atomic mass is 10.0. The van der Waals surface area contributed by atoms with Gasteiger partial charge >= 0.3 is 0 Å². The molecule has 1 heteroatoms. The first-order valence-corrected chi connectivity index (χ1v) is 7.05. The fraction of sp³-hybridized carbons (Fsp3) is 0.625. The second-order valence-electron chi connectivity index (χ2n) is 5.05. The number of unbranched alkanes of at least 4 members (excludes halogenated alkanes) is 3. The Kier molecular flexibility index (Phi) is 6.95. The molecule has 2 unspecified atom stereocenters. The third-order valence-corrected chi connectivity index (χ3v) is 3.32. The molecule has 1 rings (SSSR count). The Hall–Kier alpha value is -0.820. The van der Waals surface area contributed by atoms with Crippen molar-refractivity contribution in [3.8, 4) is 0 Å². The van der Waals surface area contributed by atoms with E-state index >= 15 is 0 Å². The highest BCUT2D eigenvalue weighted by atomic mass is 14.9. The van der Waals surface area contributed by atoms with Gasteiger partial charge in [0.1, 0.15) is 0 Å². The van der Waals surface area contributed by atoms with Crippen molar-refractivity contribution in [2.45, 2.75) is 65.0 Å². The van der Waals surface area contributed by atoms with Gasteiger partial charge in [-0.2, -0.15) is 0 Å². The lowest BCUT2D eigenvalue weighted by Gasteiger charge is -2.20. The van der Waals surface area contributed by atoms with Crippen LogP contribution in [0.5, 0.6) is 0 Å². The zero-order chi connectivity index (χ0) is 12.5. The SMILES string of the molecule is CCCCCCC(C)NC(C)c1ccccc1. The van der Waals surface area contributed by atoms with Gasteiger partial charge in [0.2, 0.25) is 0 Å². The summed E-state index contributed by atoms with van der Waals surface area (Å²) in [5.74, 6) is 0. The molecule has 1 aromatic carbocycles. The van der Waals surface area contributed by atoms with Crippen LogP contribution < -0.4 is 5.32 Å². The molecular formula is C16H27N. The summed E-state index contributed by atoms with van der Waals surface area (Å²) >= 11 is 0. The van der Waals surface area contributed by atoms with Crippen LogP contribution in [0.1, 0.15) is 64.5 Å². The molecule has 0 aromatic heterocycles. The molecule has 2 atom stereocenters. The summed E-state index contributed by atoms with van der Waals surface area (Å²) in [6.45, 7) is 6.81. The van der Waals surface area contributed by atoms with Crippen LogP contribution in [0.25, 0.3) is 0 Å². The molecule has 1 aromatic rings. The fourth-order valence-electron chi connectivity index (χ4n) is 2.23. The zero-order valence-corrected chi connectivity index (χ0v) is 11.6. The molecule has 0 fully saturated rings. The van der Waals surface area contributed by atoms with E-state index in [-0.39, 0.29) is 0 Å². The second-order valence-corrected chi connectivity index (χ2v) is 5.05. The Morgan fingerprint density at radius 3 is 2.35 bits per heavy atom. The number of rotatable bonds is 8. The molecule has 0 aliphatic carbocycles. The van der Waals surface area contributed by atoms with E-state index in [1.165, 1.54) is 37.7 Å². The summed E-state index contributed by atoms with van der Waals surface area (Å²) in [7, 11) is 0. The van der Waals surface area contributed by atoms with Crippen LogP contribution in [0, 0.1) is 0 Å². The van der Waals surface area contributed by atoms with Crippen molar-refractivity contribution in [3.63, 3.8) is 0 Å². The average Bonchev–Trinajstić information content (AvgIpc) is 2.36. The molecule has 17 heavy (non-hydrogen) atoms. The summed E-state index contributed by atoms with van der Waals surface area (Å²) in [5.41, 5.74) is 1.38. The highest BCUT2D eigenvalue weighted by molar-refractivity contribution is 5.18. The molecule has 0 amide bonds. The third kappa shape index (κ3) is 5.88. The van der Waals surface area contributed by atoms with Gasteiger partial charge in [-0.25, -0.2) is 0 Å². The molecule has 0 aliphatic rings. The first-order chi connectivity index (χ1) is 8.24. The van der Waals surface area contributed by atoms with Gasteiger partial charge < -0.3 is 5.32 Å². The van der Waals surface area contributed by atoms with Crippen LogP contribution in [-0.2, 0) is 0 Å². The van der Waals surface area contributed by atoms with Crippen molar-refractivity contribution in [2.24, 2.45) is 0 Å². The lowest BCUT2D eigenvalue weighted by molar-refractivity contribution is 0.438. The van der Waals surface area contributed by atoms with Gasteiger partial charge in [-0.1, -0.05) is 62.9 Å². The Labute approximate surface area is 107 Å². The van der Waals surface area contributed by atoms with Gasteiger partial charge in [0.05, 0.1) is 0 Å². The van der Waals surface area contributed by atoms with Gasteiger partial charge in [-0.15, -0.1) is 0 Å².